The molecule has 8 nitrogen and oxygen atoms in total. The number of aromatic nitrogens is 2. The van der Waals surface area contributed by atoms with Gasteiger partial charge in [0.05, 0.1) is 29.6 Å². The third-order valence-electron chi connectivity index (χ3n) is 7.40. The van der Waals surface area contributed by atoms with Crippen LogP contribution in [0.2, 0.25) is 0 Å². The van der Waals surface area contributed by atoms with Gasteiger partial charge in [0.15, 0.2) is 11.5 Å². The summed E-state index contributed by atoms with van der Waals surface area (Å²) in [5, 5.41) is 3.76. The molecule has 0 unspecified atom stereocenters. The summed E-state index contributed by atoms with van der Waals surface area (Å²) >= 11 is 0. The highest BCUT2D eigenvalue weighted by atomic mass is 16.5. The number of hydrogen-bond acceptors (Lipinski definition) is 6. The van der Waals surface area contributed by atoms with Crippen LogP contribution in [-0.4, -0.2) is 39.4 Å². The number of nitrogens with zero attached hydrogens (tertiary/aromatic N) is 3. The number of hydrogen-bond donors (Lipinski definition) is 1. The Kier molecular flexibility index (Phi) is 6.02. The van der Waals surface area contributed by atoms with Gasteiger partial charge in [-0.05, 0) is 76.1 Å². The number of carbonyl (C=O) groups excluding carboxylic acids is 1. The molecule has 0 radical (unpaired) electrons. The molecule has 0 saturated carbocycles. The van der Waals surface area contributed by atoms with E-state index in [4.69, 9.17) is 14.5 Å². The highest BCUT2D eigenvalue weighted by Crippen LogP contribution is 2.47. The third-order valence-corrected chi connectivity index (χ3v) is 7.40. The van der Waals surface area contributed by atoms with Crippen molar-refractivity contribution in [3.63, 3.8) is 0 Å². The summed E-state index contributed by atoms with van der Waals surface area (Å²) in [5.41, 5.74) is 5.11. The van der Waals surface area contributed by atoms with Crippen LogP contribution < -0.4 is 20.3 Å². The molecule has 0 spiro atoms. The Morgan fingerprint density at radius 2 is 1.93 bits per heavy atom. The number of carbonyl (C=O) groups is 1. The van der Waals surface area contributed by atoms with E-state index in [1.165, 1.54) is 4.57 Å². The summed E-state index contributed by atoms with van der Waals surface area (Å²) in [6.07, 6.45) is 4.83. The first-order valence-corrected chi connectivity index (χ1v) is 13.4. The molecule has 0 fully saturated rings. The largest absolute Gasteiger partial charge is 0.493 e. The standard InChI is InChI=1S/C32H32N4O4/c1-31(2)16-20-14-25(39-5)30-22(17-32(3,4)40-30)28(20)29(35-31)19-11-13-36(27(38)15-19)18-26(37)34-24-10-6-9-23-21(24)8-7-12-33-23/h6-15H,16-18H2,1-5H3,(H,34,37). The number of pyridine rings is 2. The molecule has 8 heteroatoms. The highest BCUT2D eigenvalue weighted by Gasteiger charge is 2.39. The van der Waals surface area contributed by atoms with Gasteiger partial charge in [-0.2, -0.15) is 0 Å². The molecule has 2 aliphatic heterocycles. The van der Waals surface area contributed by atoms with Crippen LogP contribution in [0.3, 0.4) is 0 Å². The number of benzene rings is 2. The second-order valence-corrected chi connectivity index (χ2v) is 11.7. The fourth-order valence-electron chi connectivity index (χ4n) is 5.77. The van der Waals surface area contributed by atoms with Crippen LogP contribution in [0.25, 0.3) is 10.9 Å². The zero-order valence-corrected chi connectivity index (χ0v) is 23.4. The lowest BCUT2D eigenvalue weighted by atomic mass is 9.81. The number of rotatable bonds is 5. The quantitative estimate of drug-likeness (QED) is 0.390. The Hall–Kier alpha value is -4.46. The van der Waals surface area contributed by atoms with Crippen molar-refractivity contribution in [1.29, 1.82) is 0 Å². The van der Waals surface area contributed by atoms with E-state index in [1.807, 2.05) is 42.5 Å². The summed E-state index contributed by atoms with van der Waals surface area (Å²) in [6, 6.07) is 14.8. The van der Waals surface area contributed by atoms with Gasteiger partial charge >= 0.3 is 0 Å². The van der Waals surface area contributed by atoms with Crippen LogP contribution in [0.5, 0.6) is 11.5 Å². The molecule has 2 aliphatic rings. The maximum absolute atomic E-state index is 13.3. The Labute approximate surface area is 232 Å². The molecule has 2 aromatic heterocycles. The first-order valence-electron chi connectivity index (χ1n) is 13.4. The zero-order valence-electron chi connectivity index (χ0n) is 23.4. The van der Waals surface area contributed by atoms with Gasteiger partial charge in [-0.15, -0.1) is 0 Å². The Morgan fingerprint density at radius 1 is 1.10 bits per heavy atom. The minimum absolute atomic E-state index is 0.112. The van der Waals surface area contributed by atoms with Crippen molar-refractivity contribution in [2.24, 2.45) is 4.99 Å². The van der Waals surface area contributed by atoms with Gasteiger partial charge in [-0.3, -0.25) is 19.6 Å². The molecule has 4 aromatic rings. The second kappa shape index (κ2) is 9.33. The molecule has 0 saturated heterocycles. The number of fused-ring (bicyclic) bond motifs is 4. The highest BCUT2D eigenvalue weighted by molar-refractivity contribution is 6.16. The fourth-order valence-corrected chi connectivity index (χ4v) is 5.77. The van der Waals surface area contributed by atoms with Crippen LogP contribution >= 0.6 is 0 Å². The maximum Gasteiger partial charge on any atom is 0.251 e. The van der Waals surface area contributed by atoms with E-state index < -0.39 is 0 Å². The molecule has 1 amide bonds. The number of nitrogens with one attached hydrogen (secondary N) is 1. The van der Waals surface area contributed by atoms with Crippen LogP contribution in [0.1, 0.15) is 49.9 Å². The Morgan fingerprint density at radius 3 is 2.70 bits per heavy atom. The van der Waals surface area contributed by atoms with Gasteiger partial charge in [-0.1, -0.05) is 6.07 Å². The van der Waals surface area contributed by atoms with Crippen LogP contribution in [0.15, 0.2) is 70.7 Å². The topological polar surface area (TPSA) is 94.8 Å². The van der Waals surface area contributed by atoms with E-state index in [9.17, 15) is 9.59 Å². The second-order valence-electron chi connectivity index (χ2n) is 11.7. The maximum atomic E-state index is 13.3. The fraction of sp³-hybridized carbons (Fsp3) is 0.312. The third kappa shape index (κ3) is 4.63. The summed E-state index contributed by atoms with van der Waals surface area (Å²) < 4.78 is 13.4. The molecule has 0 atom stereocenters. The van der Waals surface area contributed by atoms with Gasteiger partial charge in [-0.25, -0.2) is 0 Å². The molecule has 204 valence electrons. The molecular weight excluding hydrogens is 504 g/mol. The smallest absolute Gasteiger partial charge is 0.251 e. The number of methoxy groups -OCH3 is 1. The lowest BCUT2D eigenvalue weighted by Gasteiger charge is -2.31. The summed E-state index contributed by atoms with van der Waals surface area (Å²) in [7, 11) is 1.66. The van der Waals surface area contributed by atoms with Crippen molar-refractivity contribution < 1.29 is 14.3 Å². The SMILES string of the molecule is COc1cc2c(c3c1OC(C)(C)C3)C(c1ccn(CC(=O)Nc3cccc4ncccc34)c(=O)c1)=NC(C)(C)C2. The summed E-state index contributed by atoms with van der Waals surface area (Å²) in [6.45, 7) is 8.18. The van der Waals surface area contributed by atoms with Crippen LogP contribution in [0.4, 0.5) is 5.69 Å². The average molecular weight is 537 g/mol. The number of amides is 1. The lowest BCUT2D eigenvalue weighted by Crippen LogP contribution is -2.32. The molecule has 0 bridgehead atoms. The van der Waals surface area contributed by atoms with Crippen LogP contribution in [-0.2, 0) is 24.2 Å². The van der Waals surface area contributed by atoms with Crippen molar-refractivity contribution in [3.8, 4) is 11.5 Å². The lowest BCUT2D eigenvalue weighted by molar-refractivity contribution is -0.116. The van der Waals surface area contributed by atoms with Crippen molar-refractivity contribution in [1.82, 2.24) is 9.55 Å². The molecular formula is C32H32N4O4. The van der Waals surface area contributed by atoms with Gasteiger partial charge < -0.3 is 19.4 Å². The average Bonchev–Trinajstić information content (AvgIpc) is 3.23. The monoisotopic (exact) mass is 536 g/mol. The first-order chi connectivity index (χ1) is 19.0. The Balaban J connectivity index is 1.33. The van der Waals surface area contributed by atoms with E-state index in [-0.39, 0.29) is 29.2 Å². The summed E-state index contributed by atoms with van der Waals surface area (Å²) in [5.74, 6) is 1.17. The van der Waals surface area contributed by atoms with Crippen LogP contribution in [0, 0.1) is 0 Å². The van der Waals surface area contributed by atoms with E-state index >= 15 is 0 Å². The van der Waals surface area contributed by atoms with Gasteiger partial charge in [0.25, 0.3) is 5.56 Å². The Bertz CT molecular complexity index is 1760. The van der Waals surface area contributed by atoms with Crippen molar-refractivity contribution in [3.05, 3.63) is 93.5 Å². The normalized spacial score (nSPS) is 16.5. The minimum Gasteiger partial charge on any atom is -0.493 e. The molecule has 0 aliphatic carbocycles. The van der Waals surface area contributed by atoms with Crippen molar-refractivity contribution >= 4 is 28.2 Å². The number of ether oxygens (including phenoxy) is 2. The van der Waals surface area contributed by atoms with E-state index in [1.54, 1.807) is 25.6 Å². The van der Waals surface area contributed by atoms with E-state index in [0.29, 0.717) is 17.7 Å². The van der Waals surface area contributed by atoms with E-state index in [0.717, 1.165) is 51.2 Å². The minimum atomic E-state index is -0.375. The van der Waals surface area contributed by atoms with Gasteiger partial charge in [0.2, 0.25) is 5.91 Å². The zero-order chi connectivity index (χ0) is 28.2. The van der Waals surface area contributed by atoms with Crippen molar-refractivity contribution in [2.45, 2.75) is 58.2 Å². The molecule has 1 N–H and O–H groups in total. The van der Waals surface area contributed by atoms with Crippen molar-refractivity contribution in [2.75, 3.05) is 12.4 Å². The predicted octanol–water partition coefficient (Wildman–Crippen LogP) is 4.93. The van der Waals surface area contributed by atoms with Gasteiger partial charge in [0, 0.05) is 47.0 Å². The predicted molar refractivity (Wildman–Crippen MR) is 156 cm³/mol. The summed E-state index contributed by atoms with van der Waals surface area (Å²) in [4.78, 5) is 35.6. The molecule has 40 heavy (non-hydrogen) atoms. The van der Waals surface area contributed by atoms with E-state index in [2.05, 4.69) is 38.0 Å². The molecule has 2 aromatic carbocycles. The number of aliphatic imine (C=N–C) groups is 1. The van der Waals surface area contributed by atoms with Gasteiger partial charge in [0.1, 0.15) is 12.1 Å². The number of anilines is 1. The molecule has 6 rings (SSSR count). The molecule has 4 heterocycles. The first kappa shape index (κ1) is 25.8.